The number of hydrazine groups is 1. The quantitative estimate of drug-likeness (QED) is 0.503. The minimum atomic E-state index is -0.470. The van der Waals surface area contributed by atoms with Gasteiger partial charge in [-0.1, -0.05) is 11.6 Å². The Morgan fingerprint density at radius 3 is 2.19 bits per heavy atom. The second-order valence-corrected chi connectivity index (χ2v) is 6.00. The van der Waals surface area contributed by atoms with E-state index in [1.807, 2.05) is 6.92 Å². The van der Waals surface area contributed by atoms with Crippen molar-refractivity contribution >= 4 is 40.7 Å². The number of nitrogens with one attached hydrogen (secondary N) is 3. The molecule has 0 aliphatic heterocycles. The molecular weight excluding hydrogens is 390 g/mol. The molecule has 2 amide bonds. The van der Waals surface area contributed by atoms with E-state index in [-0.39, 0.29) is 11.7 Å². The van der Waals surface area contributed by atoms with Crippen LogP contribution in [0.4, 0.5) is 0 Å². The van der Waals surface area contributed by atoms with Crippen LogP contribution in [-0.4, -0.2) is 30.1 Å². The minimum absolute atomic E-state index is 0.0475. The summed E-state index contributed by atoms with van der Waals surface area (Å²) in [6, 6.07) is 13.2. The van der Waals surface area contributed by atoms with Crippen LogP contribution in [0.3, 0.4) is 0 Å². The lowest BCUT2D eigenvalue weighted by molar-refractivity contribution is -0.123. The topological polar surface area (TPSA) is 88.7 Å². The van der Waals surface area contributed by atoms with E-state index < -0.39 is 11.8 Å². The van der Waals surface area contributed by atoms with Gasteiger partial charge in [0.2, 0.25) is 0 Å². The van der Waals surface area contributed by atoms with E-state index in [1.54, 1.807) is 48.5 Å². The molecule has 2 aromatic rings. The normalized spacial score (nSPS) is 9.85. The molecule has 0 spiro atoms. The number of carbonyl (C=O) groups is 2. The molecule has 2 rings (SSSR count). The summed E-state index contributed by atoms with van der Waals surface area (Å²) in [5, 5.41) is 2.98. The van der Waals surface area contributed by atoms with Gasteiger partial charge in [-0.25, -0.2) is 0 Å². The SMILES string of the molecule is CCOc1ccc(C(=O)NC(=S)NNC(=O)COc2ccc(Cl)cc2)cc1. The number of benzene rings is 2. The Kier molecular flexibility index (Phi) is 7.84. The molecule has 0 aromatic heterocycles. The summed E-state index contributed by atoms with van der Waals surface area (Å²) >= 11 is 10.7. The summed E-state index contributed by atoms with van der Waals surface area (Å²) in [5.74, 6) is 0.286. The standard InChI is InChI=1S/C18H18ClN3O4S/c1-2-25-14-7-3-12(4-8-14)17(24)20-18(27)22-21-16(23)11-26-15-9-5-13(19)6-10-15/h3-10H,2,11H2,1H3,(H,21,23)(H2,20,22,24,27). The van der Waals surface area contributed by atoms with Crippen LogP contribution in [0.25, 0.3) is 0 Å². The smallest absolute Gasteiger partial charge is 0.276 e. The summed E-state index contributed by atoms with van der Waals surface area (Å²) in [7, 11) is 0. The number of rotatable bonds is 6. The van der Waals surface area contributed by atoms with Crippen LogP contribution < -0.4 is 25.6 Å². The van der Waals surface area contributed by atoms with Gasteiger partial charge in [0, 0.05) is 10.6 Å². The second kappa shape index (κ2) is 10.3. The maximum absolute atomic E-state index is 12.1. The number of carbonyl (C=O) groups excluding carboxylic acids is 2. The molecule has 142 valence electrons. The number of halogens is 1. The Bertz CT molecular complexity index is 797. The Balaban J connectivity index is 1.72. The molecule has 0 bridgehead atoms. The van der Waals surface area contributed by atoms with Gasteiger partial charge in [0.1, 0.15) is 11.5 Å². The van der Waals surface area contributed by atoms with E-state index in [0.717, 1.165) is 0 Å². The third kappa shape index (κ3) is 7.12. The van der Waals surface area contributed by atoms with Crippen LogP contribution in [0.15, 0.2) is 48.5 Å². The predicted molar refractivity (Wildman–Crippen MR) is 106 cm³/mol. The van der Waals surface area contributed by atoms with Crippen LogP contribution in [0.1, 0.15) is 17.3 Å². The van der Waals surface area contributed by atoms with Gasteiger partial charge in [-0.15, -0.1) is 0 Å². The molecule has 0 atom stereocenters. The summed E-state index contributed by atoms with van der Waals surface area (Å²) in [6.45, 7) is 2.19. The van der Waals surface area contributed by atoms with E-state index in [0.29, 0.717) is 28.7 Å². The summed E-state index contributed by atoms with van der Waals surface area (Å²) in [4.78, 5) is 23.8. The number of hydrogen-bond acceptors (Lipinski definition) is 5. The molecule has 0 fully saturated rings. The second-order valence-electron chi connectivity index (χ2n) is 5.16. The Labute approximate surface area is 167 Å². The maximum Gasteiger partial charge on any atom is 0.276 e. The van der Waals surface area contributed by atoms with Crippen molar-refractivity contribution in [2.75, 3.05) is 13.2 Å². The zero-order valence-corrected chi connectivity index (χ0v) is 16.0. The van der Waals surface area contributed by atoms with Crippen LogP contribution in [-0.2, 0) is 4.79 Å². The molecule has 2 aromatic carbocycles. The fourth-order valence-electron chi connectivity index (χ4n) is 1.92. The fourth-order valence-corrected chi connectivity index (χ4v) is 2.19. The molecule has 0 saturated carbocycles. The minimum Gasteiger partial charge on any atom is -0.494 e. The van der Waals surface area contributed by atoms with Gasteiger partial charge in [-0.3, -0.25) is 25.8 Å². The van der Waals surface area contributed by atoms with Gasteiger partial charge in [-0.2, -0.15) is 0 Å². The summed E-state index contributed by atoms with van der Waals surface area (Å²) in [5.41, 5.74) is 5.17. The van der Waals surface area contributed by atoms with Crippen LogP contribution >= 0.6 is 23.8 Å². The molecule has 7 nitrogen and oxygen atoms in total. The highest BCUT2D eigenvalue weighted by Gasteiger charge is 2.09. The van der Waals surface area contributed by atoms with Crippen molar-refractivity contribution in [3.63, 3.8) is 0 Å². The summed E-state index contributed by atoms with van der Waals surface area (Å²) < 4.78 is 10.6. The lowest BCUT2D eigenvalue weighted by Gasteiger charge is -2.11. The molecule has 0 aliphatic rings. The molecule has 27 heavy (non-hydrogen) atoms. The average Bonchev–Trinajstić information content (AvgIpc) is 2.66. The van der Waals surface area contributed by atoms with Gasteiger partial charge in [0.15, 0.2) is 11.7 Å². The zero-order valence-electron chi connectivity index (χ0n) is 14.5. The molecule has 0 heterocycles. The van der Waals surface area contributed by atoms with Gasteiger partial charge < -0.3 is 9.47 Å². The molecule has 0 saturated heterocycles. The average molecular weight is 408 g/mol. The van der Waals surface area contributed by atoms with Crippen molar-refractivity contribution in [2.45, 2.75) is 6.92 Å². The Hall–Kier alpha value is -2.84. The predicted octanol–water partition coefficient (Wildman–Crippen LogP) is 2.45. The molecular formula is C18H18ClN3O4S. The largest absolute Gasteiger partial charge is 0.494 e. The summed E-state index contributed by atoms with van der Waals surface area (Å²) in [6.07, 6.45) is 0. The van der Waals surface area contributed by atoms with E-state index in [2.05, 4.69) is 16.2 Å². The van der Waals surface area contributed by atoms with Gasteiger partial charge >= 0.3 is 0 Å². The first-order chi connectivity index (χ1) is 13.0. The van der Waals surface area contributed by atoms with Crippen molar-refractivity contribution in [2.24, 2.45) is 0 Å². The molecule has 3 N–H and O–H groups in total. The number of thiocarbonyl (C=S) groups is 1. The highest BCUT2D eigenvalue weighted by Crippen LogP contribution is 2.15. The molecule has 0 unspecified atom stereocenters. The van der Waals surface area contributed by atoms with Crippen LogP contribution in [0, 0.1) is 0 Å². The number of ether oxygens (including phenoxy) is 2. The van der Waals surface area contributed by atoms with Gasteiger partial charge in [0.05, 0.1) is 6.61 Å². The first-order valence-corrected chi connectivity index (χ1v) is 8.78. The first-order valence-electron chi connectivity index (χ1n) is 7.99. The van der Waals surface area contributed by atoms with Gasteiger partial charge in [0.25, 0.3) is 11.8 Å². The third-order valence-corrected chi connectivity index (χ3v) is 3.61. The van der Waals surface area contributed by atoms with E-state index >= 15 is 0 Å². The number of amides is 2. The van der Waals surface area contributed by atoms with Gasteiger partial charge in [-0.05, 0) is 67.7 Å². The highest BCUT2D eigenvalue weighted by molar-refractivity contribution is 7.80. The lowest BCUT2D eigenvalue weighted by atomic mass is 10.2. The van der Waals surface area contributed by atoms with Crippen molar-refractivity contribution in [3.05, 3.63) is 59.1 Å². The van der Waals surface area contributed by atoms with Crippen molar-refractivity contribution in [1.82, 2.24) is 16.2 Å². The van der Waals surface area contributed by atoms with Crippen molar-refractivity contribution in [3.8, 4) is 11.5 Å². The Morgan fingerprint density at radius 1 is 0.963 bits per heavy atom. The number of hydrogen-bond donors (Lipinski definition) is 3. The van der Waals surface area contributed by atoms with Crippen LogP contribution in [0.5, 0.6) is 11.5 Å². The van der Waals surface area contributed by atoms with Crippen molar-refractivity contribution in [1.29, 1.82) is 0 Å². The molecule has 0 aliphatic carbocycles. The lowest BCUT2D eigenvalue weighted by Crippen LogP contribution is -2.49. The maximum atomic E-state index is 12.1. The monoisotopic (exact) mass is 407 g/mol. The third-order valence-electron chi connectivity index (χ3n) is 3.15. The molecule has 0 radical (unpaired) electrons. The van der Waals surface area contributed by atoms with E-state index in [1.165, 1.54) is 0 Å². The highest BCUT2D eigenvalue weighted by atomic mass is 35.5. The zero-order chi connectivity index (χ0) is 19.6. The van der Waals surface area contributed by atoms with Crippen molar-refractivity contribution < 1.29 is 19.1 Å². The molecule has 9 heteroatoms. The van der Waals surface area contributed by atoms with E-state index in [9.17, 15) is 9.59 Å². The fraction of sp³-hybridized carbons (Fsp3) is 0.167. The van der Waals surface area contributed by atoms with E-state index in [4.69, 9.17) is 33.3 Å². The van der Waals surface area contributed by atoms with Crippen LogP contribution in [0.2, 0.25) is 5.02 Å². The first kappa shape index (κ1) is 20.5. The Morgan fingerprint density at radius 2 is 1.56 bits per heavy atom.